The van der Waals surface area contributed by atoms with Crippen molar-refractivity contribution in [2.45, 2.75) is 13.2 Å². The lowest BCUT2D eigenvalue weighted by molar-refractivity contribution is -0.385. The summed E-state index contributed by atoms with van der Waals surface area (Å²) >= 11 is 7.03. The number of benzene rings is 3. The van der Waals surface area contributed by atoms with Crippen molar-refractivity contribution in [3.63, 3.8) is 0 Å². The van der Waals surface area contributed by atoms with E-state index in [2.05, 4.69) is 0 Å². The van der Waals surface area contributed by atoms with E-state index in [0.29, 0.717) is 26.8 Å². The first kappa shape index (κ1) is 22.6. The van der Waals surface area contributed by atoms with E-state index in [-0.39, 0.29) is 30.0 Å². The molecule has 0 aromatic heterocycles. The molecule has 0 unspecified atom stereocenters. The summed E-state index contributed by atoms with van der Waals surface area (Å²) in [4.78, 5) is 37.3. The molecule has 3 aromatic rings. The van der Waals surface area contributed by atoms with E-state index >= 15 is 0 Å². The predicted molar refractivity (Wildman–Crippen MR) is 127 cm³/mol. The number of nitro benzene ring substituents is 1. The Morgan fingerprint density at radius 1 is 0.970 bits per heavy atom. The predicted octanol–water partition coefficient (Wildman–Crippen LogP) is 6.06. The molecule has 2 amide bonds. The van der Waals surface area contributed by atoms with Crippen molar-refractivity contribution in [3.05, 3.63) is 110 Å². The van der Waals surface area contributed by atoms with Gasteiger partial charge in [-0.05, 0) is 53.2 Å². The van der Waals surface area contributed by atoms with Crippen LogP contribution in [0.25, 0.3) is 6.08 Å². The molecule has 3 aromatic carbocycles. The van der Waals surface area contributed by atoms with Crippen LogP contribution in [-0.2, 0) is 17.9 Å². The van der Waals surface area contributed by atoms with Crippen LogP contribution in [0.1, 0.15) is 16.7 Å². The lowest BCUT2D eigenvalue weighted by Crippen LogP contribution is -2.27. The number of amides is 2. The maximum Gasteiger partial charge on any atom is 0.293 e. The van der Waals surface area contributed by atoms with E-state index in [9.17, 15) is 19.7 Å². The number of para-hydroxylation sites is 1. The lowest BCUT2D eigenvalue weighted by atomic mass is 10.2. The van der Waals surface area contributed by atoms with E-state index < -0.39 is 4.92 Å². The van der Waals surface area contributed by atoms with Crippen molar-refractivity contribution in [1.29, 1.82) is 0 Å². The normalized spacial score (nSPS) is 14.7. The Hall–Kier alpha value is -3.62. The summed E-state index contributed by atoms with van der Waals surface area (Å²) in [5.74, 6) is 0.152. The Morgan fingerprint density at radius 3 is 2.33 bits per heavy atom. The van der Waals surface area contributed by atoms with Gasteiger partial charge in [-0.15, -0.1) is 0 Å². The maximum absolute atomic E-state index is 12.7. The molecule has 0 radical (unpaired) electrons. The molecule has 1 fully saturated rings. The third-order valence-corrected chi connectivity index (χ3v) is 6.20. The van der Waals surface area contributed by atoms with Crippen molar-refractivity contribution in [1.82, 2.24) is 4.90 Å². The fourth-order valence-electron chi connectivity index (χ4n) is 3.22. The summed E-state index contributed by atoms with van der Waals surface area (Å²) < 4.78 is 5.67. The van der Waals surface area contributed by atoms with Gasteiger partial charge in [-0.2, -0.15) is 0 Å². The van der Waals surface area contributed by atoms with Crippen LogP contribution in [0, 0.1) is 10.1 Å². The van der Waals surface area contributed by atoms with Gasteiger partial charge in [0.05, 0.1) is 21.9 Å². The lowest BCUT2D eigenvalue weighted by Gasteiger charge is -2.13. The zero-order valence-electron chi connectivity index (χ0n) is 17.1. The number of halogens is 1. The molecular weight excluding hydrogens is 464 g/mol. The SMILES string of the molecule is O=C1S/C(=C\c2ccc(OCc3ccccc3[N+](=O)[O-])cc2)C(=O)N1Cc1ccccc1Cl. The number of hydrogen-bond donors (Lipinski definition) is 0. The highest BCUT2D eigenvalue weighted by Crippen LogP contribution is 2.34. The highest BCUT2D eigenvalue weighted by atomic mass is 35.5. The van der Waals surface area contributed by atoms with Gasteiger partial charge in [0.2, 0.25) is 0 Å². The molecular formula is C24H17ClN2O5S. The van der Waals surface area contributed by atoms with E-state index in [1.165, 1.54) is 11.0 Å². The second-order valence-electron chi connectivity index (χ2n) is 7.10. The monoisotopic (exact) mass is 480 g/mol. The molecule has 1 saturated heterocycles. The van der Waals surface area contributed by atoms with Crippen molar-refractivity contribution in [2.24, 2.45) is 0 Å². The summed E-state index contributed by atoms with van der Waals surface area (Å²) in [5, 5.41) is 11.3. The first-order valence-electron chi connectivity index (χ1n) is 9.86. The van der Waals surface area contributed by atoms with Gasteiger partial charge in [-0.1, -0.05) is 54.1 Å². The minimum absolute atomic E-state index is 0.00151. The Morgan fingerprint density at radius 2 is 1.64 bits per heavy atom. The summed E-state index contributed by atoms with van der Waals surface area (Å²) in [6, 6.07) is 20.4. The summed E-state index contributed by atoms with van der Waals surface area (Å²) in [6.45, 7) is 0.164. The van der Waals surface area contributed by atoms with Gasteiger partial charge in [0, 0.05) is 11.1 Å². The van der Waals surface area contributed by atoms with Crippen molar-refractivity contribution >= 4 is 46.3 Å². The van der Waals surface area contributed by atoms with Gasteiger partial charge < -0.3 is 4.74 Å². The van der Waals surface area contributed by atoms with Crippen molar-refractivity contribution in [2.75, 3.05) is 0 Å². The van der Waals surface area contributed by atoms with E-state index in [1.54, 1.807) is 72.8 Å². The first-order chi connectivity index (χ1) is 15.9. The van der Waals surface area contributed by atoms with Crippen molar-refractivity contribution in [3.8, 4) is 5.75 Å². The number of carbonyl (C=O) groups excluding carboxylic acids is 2. The Bertz CT molecular complexity index is 1260. The average Bonchev–Trinajstić information content (AvgIpc) is 3.07. The van der Waals surface area contributed by atoms with Gasteiger partial charge in [-0.3, -0.25) is 24.6 Å². The molecule has 1 aliphatic heterocycles. The van der Waals surface area contributed by atoms with Crippen LogP contribution in [0.4, 0.5) is 10.5 Å². The molecule has 0 N–H and O–H groups in total. The molecule has 0 bridgehead atoms. The number of thioether (sulfide) groups is 1. The molecule has 4 rings (SSSR count). The number of nitrogens with zero attached hydrogens (tertiary/aromatic N) is 2. The summed E-state index contributed by atoms with van der Waals surface area (Å²) in [7, 11) is 0. The smallest absolute Gasteiger partial charge is 0.293 e. The van der Waals surface area contributed by atoms with Gasteiger partial charge >= 0.3 is 0 Å². The molecule has 1 heterocycles. The van der Waals surface area contributed by atoms with Crippen molar-refractivity contribution < 1.29 is 19.2 Å². The molecule has 0 saturated carbocycles. The second kappa shape index (κ2) is 9.89. The minimum atomic E-state index is -0.444. The summed E-state index contributed by atoms with van der Waals surface area (Å²) in [5.41, 5.74) is 1.89. The zero-order chi connectivity index (χ0) is 23.4. The first-order valence-corrected chi connectivity index (χ1v) is 11.1. The van der Waals surface area contributed by atoms with E-state index in [0.717, 1.165) is 17.3 Å². The fraction of sp³-hybridized carbons (Fsp3) is 0.0833. The van der Waals surface area contributed by atoms with Crippen LogP contribution < -0.4 is 4.74 Å². The highest BCUT2D eigenvalue weighted by Gasteiger charge is 2.35. The Kier molecular flexibility index (Phi) is 6.76. The largest absolute Gasteiger partial charge is 0.489 e. The second-order valence-corrected chi connectivity index (χ2v) is 8.50. The third-order valence-electron chi connectivity index (χ3n) is 4.92. The fourth-order valence-corrected chi connectivity index (χ4v) is 4.25. The van der Waals surface area contributed by atoms with E-state index in [4.69, 9.17) is 16.3 Å². The van der Waals surface area contributed by atoms with Gasteiger partial charge in [-0.25, -0.2) is 0 Å². The number of ether oxygens (including phenoxy) is 1. The van der Waals surface area contributed by atoms with Crippen LogP contribution in [0.2, 0.25) is 5.02 Å². The molecule has 0 atom stereocenters. The maximum atomic E-state index is 12.7. The molecule has 0 spiro atoms. The topological polar surface area (TPSA) is 89.7 Å². The zero-order valence-corrected chi connectivity index (χ0v) is 18.7. The quantitative estimate of drug-likeness (QED) is 0.232. The Labute approximate surface area is 198 Å². The van der Waals surface area contributed by atoms with Gasteiger partial charge in [0.25, 0.3) is 16.8 Å². The van der Waals surface area contributed by atoms with Crippen LogP contribution in [-0.4, -0.2) is 21.0 Å². The molecule has 1 aliphatic rings. The number of rotatable bonds is 7. The molecule has 33 heavy (non-hydrogen) atoms. The van der Waals surface area contributed by atoms with E-state index in [1.807, 2.05) is 0 Å². The van der Waals surface area contributed by atoms with Crippen LogP contribution >= 0.6 is 23.4 Å². The molecule has 0 aliphatic carbocycles. The number of hydrogen-bond acceptors (Lipinski definition) is 6. The third kappa shape index (κ3) is 5.24. The number of carbonyl (C=O) groups is 2. The highest BCUT2D eigenvalue weighted by molar-refractivity contribution is 8.18. The summed E-state index contributed by atoms with van der Waals surface area (Å²) in [6.07, 6.45) is 1.64. The average molecular weight is 481 g/mol. The standard InChI is InChI=1S/C24H17ClN2O5S/c25-20-7-3-1-5-17(20)14-26-23(28)22(33-24(26)29)13-16-9-11-19(12-10-16)32-15-18-6-2-4-8-21(18)27(30)31/h1-13H,14-15H2/b22-13-. The Balaban J connectivity index is 1.42. The van der Waals surface area contributed by atoms with Crippen LogP contribution in [0.3, 0.4) is 0 Å². The molecule has 166 valence electrons. The molecule has 7 nitrogen and oxygen atoms in total. The number of imide groups is 1. The molecule has 9 heteroatoms. The van der Waals surface area contributed by atoms with Crippen LogP contribution in [0.15, 0.2) is 77.7 Å². The number of nitro groups is 1. The van der Waals surface area contributed by atoms with Gasteiger partial charge in [0.1, 0.15) is 12.4 Å². The minimum Gasteiger partial charge on any atom is -0.489 e. The van der Waals surface area contributed by atoms with Gasteiger partial charge in [0.15, 0.2) is 0 Å². The van der Waals surface area contributed by atoms with Crippen LogP contribution in [0.5, 0.6) is 5.75 Å².